The summed E-state index contributed by atoms with van der Waals surface area (Å²) in [7, 11) is 1.59. The first-order valence-corrected chi connectivity index (χ1v) is 12.0. The van der Waals surface area contributed by atoms with Crippen LogP contribution < -0.4 is 10.6 Å². The third kappa shape index (κ3) is 5.70. The lowest BCUT2D eigenvalue weighted by Crippen LogP contribution is -2.66. The van der Waals surface area contributed by atoms with Gasteiger partial charge in [0.25, 0.3) is 5.91 Å². The number of halogens is 2. The van der Waals surface area contributed by atoms with Crippen molar-refractivity contribution in [3.8, 4) is 0 Å². The number of aliphatic hydroxyl groups excluding tert-OH is 1. The van der Waals surface area contributed by atoms with Gasteiger partial charge in [-0.25, -0.2) is 8.78 Å². The fraction of sp³-hybridized carbons (Fsp3) is 0.640. The first-order chi connectivity index (χ1) is 16.1. The zero-order valence-corrected chi connectivity index (χ0v) is 20.8. The molecule has 2 aliphatic heterocycles. The van der Waals surface area contributed by atoms with Crippen molar-refractivity contribution in [1.82, 2.24) is 20.4 Å². The van der Waals surface area contributed by atoms with E-state index in [-0.39, 0.29) is 17.4 Å². The molecule has 7 nitrogen and oxygen atoms in total. The molecule has 1 aromatic carbocycles. The van der Waals surface area contributed by atoms with Gasteiger partial charge in [0.15, 0.2) is 0 Å². The van der Waals surface area contributed by atoms with Gasteiger partial charge in [0.1, 0.15) is 23.9 Å². The highest BCUT2D eigenvalue weighted by molar-refractivity contribution is 5.81. The van der Waals surface area contributed by atoms with Gasteiger partial charge in [-0.15, -0.1) is 0 Å². The number of nitrogens with one attached hydrogen (secondary N) is 2. The molecule has 190 valence electrons. The van der Waals surface area contributed by atoms with Crippen molar-refractivity contribution in [3.05, 3.63) is 41.6 Å². The predicted octanol–water partition coefficient (Wildman–Crippen LogP) is 2.52. The molecule has 1 fully saturated rings. The number of carbonyl (C=O) groups excluding carboxylic acids is 1. The maximum Gasteiger partial charge on any atom is 0.251 e. The average molecular weight is 481 g/mol. The number of amides is 1. The fourth-order valence-corrected chi connectivity index (χ4v) is 4.87. The highest BCUT2D eigenvalue weighted by Gasteiger charge is 2.47. The second kappa shape index (κ2) is 11.0. The normalized spacial score (nSPS) is 22.4. The maximum atomic E-state index is 14.6. The van der Waals surface area contributed by atoms with Crippen molar-refractivity contribution >= 4 is 11.6 Å². The summed E-state index contributed by atoms with van der Waals surface area (Å²) in [5.74, 6) is -1.20. The molecule has 3 N–H and O–H groups in total. The van der Waals surface area contributed by atoms with Crippen molar-refractivity contribution in [2.24, 2.45) is 5.92 Å². The Balaban J connectivity index is 2.03. The van der Waals surface area contributed by atoms with E-state index in [4.69, 9.17) is 4.74 Å². The third-order valence-electron chi connectivity index (χ3n) is 6.79. The molecule has 0 spiro atoms. The van der Waals surface area contributed by atoms with Gasteiger partial charge in [0, 0.05) is 32.0 Å². The Hall–Kier alpha value is -2.23. The molecule has 34 heavy (non-hydrogen) atoms. The second-order valence-corrected chi connectivity index (χ2v) is 9.77. The number of rotatable bonds is 10. The molecular weight excluding hydrogens is 442 g/mol. The minimum absolute atomic E-state index is 0.131. The van der Waals surface area contributed by atoms with Crippen molar-refractivity contribution < 1.29 is 23.4 Å². The number of aliphatic hydroxyl groups is 1. The molecule has 4 atom stereocenters. The lowest BCUT2D eigenvalue weighted by Gasteiger charge is -2.48. The molecule has 0 aliphatic carbocycles. The van der Waals surface area contributed by atoms with Crippen LogP contribution in [0.15, 0.2) is 24.4 Å². The Kier molecular flexibility index (Phi) is 8.54. The zero-order chi connectivity index (χ0) is 25.0. The Morgan fingerprint density at radius 3 is 2.71 bits per heavy atom. The monoisotopic (exact) mass is 480 g/mol. The van der Waals surface area contributed by atoms with Crippen LogP contribution >= 0.6 is 0 Å². The van der Waals surface area contributed by atoms with Crippen LogP contribution in [-0.4, -0.2) is 78.0 Å². The molecule has 2 heterocycles. The lowest BCUT2D eigenvalue weighted by atomic mass is 9.91. The van der Waals surface area contributed by atoms with Gasteiger partial charge in [-0.1, -0.05) is 6.92 Å². The van der Waals surface area contributed by atoms with Crippen molar-refractivity contribution in [2.75, 3.05) is 33.3 Å². The van der Waals surface area contributed by atoms with E-state index in [0.29, 0.717) is 18.8 Å². The number of benzene rings is 1. The van der Waals surface area contributed by atoms with Gasteiger partial charge < -0.3 is 30.3 Å². The summed E-state index contributed by atoms with van der Waals surface area (Å²) in [6.07, 6.45) is 1.87. The van der Waals surface area contributed by atoms with Gasteiger partial charge >= 0.3 is 0 Å². The van der Waals surface area contributed by atoms with E-state index in [9.17, 15) is 18.7 Å². The van der Waals surface area contributed by atoms with E-state index in [1.807, 2.05) is 25.7 Å². The summed E-state index contributed by atoms with van der Waals surface area (Å²) in [5.41, 5.74) is -0.241. The van der Waals surface area contributed by atoms with Crippen LogP contribution in [0.2, 0.25) is 0 Å². The molecule has 1 aromatic rings. The molecule has 0 aromatic heterocycles. The Labute approximate surface area is 201 Å². The van der Waals surface area contributed by atoms with E-state index in [1.165, 1.54) is 13.0 Å². The third-order valence-corrected chi connectivity index (χ3v) is 6.79. The quantitative estimate of drug-likeness (QED) is 0.478. The van der Waals surface area contributed by atoms with Crippen molar-refractivity contribution in [3.63, 3.8) is 0 Å². The highest BCUT2D eigenvalue weighted by atomic mass is 19.1. The Morgan fingerprint density at radius 2 is 2.12 bits per heavy atom. The topological polar surface area (TPSA) is 77.1 Å². The van der Waals surface area contributed by atoms with Crippen LogP contribution in [0.1, 0.15) is 46.1 Å². The van der Waals surface area contributed by atoms with E-state index in [0.717, 1.165) is 38.1 Å². The zero-order valence-electron chi connectivity index (χ0n) is 20.8. The Morgan fingerprint density at radius 1 is 1.38 bits per heavy atom. The summed E-state index contributed by atoms with van der Waals surface area (Å²) >= 11 is 0. The highest BCUT2D eigenvalue weighted by Crippen LogP contribution is 2.33. The van der Waals surface area contributed by atoms with Crippen LogP contribution in [0, 0.1) is 17.6 Å². The van der Waals surface area contributed by atoms with E-state index in [2.05, 4.69) is 10.6 Å². The molecule has 2 aliphatic rings. The lowest BCUT2D eigenvalue weighted by molar-refractivity contribution is -0.154. The SMILES string of the molecule is CCCN1C=C(c2cc(F)ccc2F)NC1C(N(CC1CCNC1)C(=O)[C@H](C)O)C(C)(C)OC. The number of ether oxygens (including phenoxy) is 1. The second-order valence-electron chi connectivity index (χ2n) is 9.77. The predicted molar refractivity (Wildman–Crippen MR) is 128 cm³/mol. The number of hydrogen-bond acceptors (Lipinski definition) is 6. The fourth-order valence-electron chi connectivity index (χ4n) is 4.87. The van der Waals surface area contributed by atoms with Crippen LogP contribution in [0.4, 0.5) is 8.78 Å². The number of methoxy groups -OCH3 is 1. The van der Waals surface area contributed by atoms with Gasteiger partial charge in [-0.2, -0.15) is 0 Å². The summed E-state index contributed by atoms with van der Waals surface area (Å²) in [6.45, 7) is 10.1. The van der Waals surface area contributed by atoms with Gasteiger partial charge in [0.2, 0.25) is 0 Å². The molecule has 3 unspecified atom stereocenters. The average Bonchev–Trinajstić information content (AvgIpc) is 3.45. The van der Waals surface area contributed by atoms with Gasteiger partial charge in [0.05, 0.1) is 17.3 Å². The van der Waals surface area contributed by atoms with E-state index in [1.54, 1.807) is 18.2 Å². The maximum absolute atomic E-state index is 14.6. The first-order valence-electron chi connectivity index (χ1n) is 12.0. The molecule has 0 bridgehead atoms. The van der Waals surface area contributed by atoms with Gasteiger partial charge in [-0.05, 0) is 70.8 Å². The van der Waals surface area contributed by atoms with Crippen LogP contribution in [0.5, 0.6) is 0 Å². The summed E-state index contributed by atoms with van der Waals surface area (Å²) in [4.78, 5) is 17.1. The summed E-state index contributed by atoms with van der Waals surface area (Å²) < 4.78 is 34.5. The van der Waals surface area contributed by atoms with E-state index >= 15 is 0 Å². The molecule has 1 saturated heterocycles. The minimum Gasteiger partial charge on any atom is -0.384 e. The number of carbonyl (C=O) groups is 1. The van der Waals surface area contributed by atoms with Crippen molar-refractivity contribution in [1.29, 1.82) is 0 Å². The summed E-state index contributed by atoms with van der Waals surface area (Å²) in [5, 5.41) is 17.0. The first kappa shape index (κ1) is 26.4. The van der Waals surface area contributed by atoms with Crippen LogP contribution in [0.25, 0.3) is 5.70 Å². The van der Waals surface area contributed by atoms with Gasteiger partial charge in [-0.3, -0.25) is 4.79 Å². The van der Waals surface area contributed by atoms with Crippen LogP contribution in [-0.2, 0) is 9.53 Å². The molecule has 9 heteroatoms. The standard InChI is InChI=1S/C25H38F2N4O3/c1-6-11-30-15-21(19-12-18(26)7-8-20(19)27)29-23(30)22(25(3,4)34-5)31(24(33)16(2)32)14-17-9-10-28-13-17/h7-8,12,15-17,22-23,28-29,32H,6,9-11,13-14H2,1-5H3/t16-,17?,22?,23?/m0/s1. The van der Waals surface area contributed by atoms with Crippen molar-refractivity contribution in [2.45, 2.75) is 64.4 Å². The molecule has 0 radical (unpaired) electrons. The largest absolute Gasteiger partial charge is 0.384 e. The molecule has 0 saturated carbocycles. The molecule has 3 rings (SSSR count). The smallest absolute Gasteiger partial charge is 0.251 e. The number of hydrogen-bond donors (Lipinski definition) is 3. The Bertz CT molecular complexity index is 887. The van der Waals surface area contributed by atoms with E-state index < -0.39 is 35.5 Å². The number of nitrogens with zero attached hydrogens (tertiary/aromatic N) is 2. The molecule has 1 amide bonds. The summed E-state index contributed by atoms with van der Waals surface area (Å²) in [6, 6.07) is 2.83. The molecular formula is C25H38F2N4O3. The minimum atomic E-state index is -1.18. The van der Waals surface area contributed by atoms with Crippen LogP contribution in [0.3, 0.4) is 0 Å².